The molecule has 6 atom stereocenters. The first-order chi connectivity index (χ1) is 12.9. The summed E-state index contributed by atoms with van der Waals surface area (Å²) < 4.78 is 24.5. The van der Waals surface area contributed by atoms with Gasteiger partial charge in [-0.2, -0.15) is 0 Å². The molecular formula is C16H25N4O7P. The first-order valence-electron chi connectivity index (χ1n) is 8.73. The van der Waals surface area contributed by atoms with Gasteiger partial charge in [-0.05, 0) is 26.8 Å². The molecule has 0 bridgehead atoms. The molecule has 3 rings (SSSR count). The monoisotopic (exact) mass is 416 g/mol. The Morgan fingerprint density at radius 3 is 2.71 bits per heavy atom. The molecule has 2 unspecified atom stereocenters. The van der Waals surface area contributed by atoms with Crippen LogP contribution < -0.4 is 5.73 Å². The number of anilines is 1. The number of fused-ring (bicyclic) bond motifs is 1. The molecule has 0 radical (unpaired) electrons. The maximum absolute atomic E-state index is 12.0. The fourth-order valence-electron chi connectivity index (χ4n) is 3.28. The number of nitrogens with two attached hydrogens (primary N) is 1. The molecule has 6 N–H and O–H groups in total. The molecular weight excluding hydrogens is 391 g/mol. The maximum Gasteiger partial charge on any atom is 0.356 e. The third-order valence-electron chi connectivity index (χ3n) is 4.69. The van der Waals surface area contributed by atoms with Crippen LogP contribution in [0.3, 0.4) is 0 Å². The lowest BCUT2D eigenvalue weighted by Gasteiger charge is -2.31. The van der Waals surface area contributed by atoms with E-state index in [1.54, 1.807) is 16.8 Å². The number of hydrogen-bond donors (Lipinski definition) is 5. The first-order valence-corrected chi connectivity index (χ1v) is 10.4. The van der Waals surface area contributed by atoms with Crippen molar-refractivity contribution in [1.29, 1.82) is 0 Å². The highest BCUT2D eigenvalue weighted by Gasteiger charge is 2.47. The van der Waals surface area contributed by atoms with E-state index in [9.17, 15) is 24.8 Å². The third-order valence-corrected chi connectivity index (χ3v) is 6.39. The van der Waals surface area contributed by atoms with Crippen molar-refractivity contribution in [3.8, 4) is 0 Å². The fourth-order valence-corrected chi connectivity index (χ4v) is 4.21. The van der Waals surface area contributed by atoms with Crippen LogP contribution in [0.5, 0.6) is 0 Å². The Labute approximate surface area is 161 Å². The minimum Gasteiger partial charge on any atom is -0.388 e. The van der Waals surface area contributed by atoms with E-state index < -0.39 is 43.6 Å². The number of rotatable bonds is 6. The zero-order valence-electron chi connectivity index (χ0n) is 15.7. The standard InChI is InChI=1S/C16H25N4O7P/c1-8(21)28(24,25)27-16(2,3)6-10-11(22)12(23)15(26-10)20-5-4-9-13(17)18-7-19-14(9)20/h4-5,7-8,10-12,15,21-23H,6H2,1-3H3,(H,24,25)(H2,17,18,19)/t8?,10-,11-,12-,15-/m1/s1. The molecule has 1 fully saturated rings. The van der Waals surface area contributed by atoms with Crippen molar-refractivity contribution in [1.82, 2.24) is 14.5 Å². The molecule has 0 aromatic carbocycles. The van der Waals surface area contributed by atoms with Gasteiger partial charge in [0.2, 0.25) is 0 Å². The van der Waals surface area contributed by atoms with Gasteiger partial charge in [0.1, 0.15) is 30.0 Å². The molecule has 1 saturated heterocycles. The number of aliphatic hydroxyl groups excluding tert-OH is 3. The summed E-state index contributed by atoms with van der Waals surface area (Å²) >= 11 is 0. The van der Waals surface area contributed by atoms with E-state index in [-0.39, 0.29) is 12.2 Å². The average molecular weight is 416 g/mol. The van der Waals surface area contributed by atoms with Crippen molar-refractivity contribution in [2.75, 3.05) is 5.73 Å². The van der Waals surface area contributed by atoms with Crippen LogP contribution >= 0.6 is 7.60 Å². The Morgan fingerprint density at radius 1 is 1.39 bits per heavy atom. The van der Waals surface area contributed by atoms with Gasteiger partial charge in [0, 0.05) is 12.6 Å². The number of aromatic nitrogens is 3. The van der Waals surface area contributed by atoms with Crippen LogP contribution in [-0.4, -0.2) is 64.5 Å². The van der Waals surface area contributed by atoms with Crippen LogP contribution in [0.15, 0.2) is 18.6 Å². The first kappa shape index (κ1) is 21.1. The van der Waals surface area contributed by atoms with Gasteiger partial charge in [-0.15, -0.1) is 0 Å². The molecule has 156 valence electrons. The van der Waals surface area contributed by atoms with Crippen LogP contribution in [-0.2, 0) is 13.8 Å². The summed E-state index contributed by atoms with van der Waals surface area (Å²) in [6.07, 6.45) is -1.47. The van der Waals surface area contributed by atoms with E-state index in [2.05, 4.69) is 9.97 Å². The van der Waals surface area contributed by atoms with Crippen LogP contribution in [0.4, 0.5) is 5.82 Å². The van der Waals surface area contributed by atoms with Crippen molar-refractivity contribution in [3.63, 3.8) is 0 Å². The Kier molecular flexibility index (Phi) is 5.54. The predicted octanol–water partition coefficient (Wildman–Crippen LogP) is 0.342. The molecule has 1 aliphatic rings. The molecule has 1 aliphatic heterocycles. The van der Waals surface area contributed by atoms with E-state index in [0.717, 1.165) is 6.92 Å². The summed E-state index contributed by atoms with van der Waals surface area (Å²) in [6.45, 7) is 4.22. The zero-order chi connectivity index (χ0) is 20.9. The maximum atomic E-state index is 12.0. The highest BCUT2D eigenvalue weighted by atomic mass is 31.2. The molecule has 3 heterocycles. The summed E-state index contributed by atoms with van der Waals surface area (Å²) in [6, 6.07) is 1.68. The molecule has 0 saturated carbocycles. The molecule has 0 amide bonds. The van der Waals surface area contributed by atoms with Gasteiger partial charge in [0.05, 0.1) is 17.1 Å². The molecule has 11 nitrogen and oxygen atoms in total. The number of ether oxygens (including phenoxy) is 1. The van der Waals surface area contributed by atoms with Crippen molar-refractivity contribution < 1.29 is 34.0 Å². The number of hydrogen-bond acceptors (Lipinski definition) is 9. The molecule has 2 aromatic heterocycles. The van der Waals surface area contributed by atoms with Gasteiger partial charge in [-0.25, -0.2) is 9.97 Å². The SMILES string of the molecule is CC(O)P(=O)(O)OC(C)(C)C[C@H]1O[C@@H](n2ccc3c(N)ncnc32)[C@H](O)[C@@H]1O. The average Bonchev–Trinajstić information content (AvgIpc) is 3.11. The number of nitrogen functional groups attached to an aromatic ring is 1. The minimum atomic E-state index is -4.26. The minimum absolute atomic E-state index is 0.00464. The second-order valence-corrected chi connectivity index (χ2v) is 9.57. The van der Waals surface area contributed by atoms with Crippen LogP contribution in [0.2, 0.25) is 0 Å². The normalized spacial score (nSPS) is 29.1. The smallest absolute Gasteiger partial charge is 0.356 e. The quantitative estimate of drug-likeness (QED) is 0.413. The number of nitrogens with zero attached hydrogens (tertiary/aromatic N) is 3. The highest BCUT2D eigenvalue weighted by Crippen LogP contribution is 2.51. The predicted molar refractivity (Wildman–Crippen MR) is 99.2 cm³/mol. The van der Waals surface area contributed by atoms with E-state index in [1.165, 1.54) is 20.2 Å². The van der Waals surface area contributed by atoms with Gasteiger partial charge < -0.3 is 39.8 Å². The van der Waals surface area contributed by atoms with Crippen molar-refractivity contribution in [2.45, 2.75) is 63.2 Å². The van der Waals surface area contributed by atoms with Crippen molar-refractivity contribution in [3.05, 3.63) is 18.6 Å². The third kappa shape index (κ3) is 3.92. The number of aliphatic hydroxyl groups is 3. The van der Waals surface area contributed by atoms with Gasteiger partial charge in [-0.3, -0.25) is 4.57 Å². The Balaban J connectivity index is 1.80. The van der Waals surface area contributed by atoms with Gasteiger partial charge in [-0.1, -0.05) is 0 Å². The molecule has 2 aromatic rings. The van der Waals surface area contributed by atoms with E-state index in [4.69, 9.17) is 15.0 Å². The molecule has 12 heteroatoms. The lowest BCUT2D eigenvalue weighted by Crippen LogP contribution is -2.37. The van der Waals surface area contributed by atoms with Crippen molar-refractivity contribution >= 4 is 24.4 Å². The Morgan fingerprint density at radius 2 is 2.07 bits per heavy atom. The molecule has 0 spiro atoms. The van der Waals surface area contributed by atoms with Crippen LogP contribution in [0.1, 0.15) is 33.4 Å². The lowest BCUT2D eigenvalue weighted by molar-refractivity contribution is -0.0613. The summed E-state index contributed by atoms with van der Waals surface area (Å²) in [7, 11) is -4.26. The lowest BCUT2D eigenvalue weighted by atomic mass is 9.97. The molecule has 28 heavy (non-hydrogen) atoms. The van der Waals surface area contributed by atoms with E-state index in [0.29, 0.717) is 11.0 Å². The largest absolute Gasteiger partial charge is 0.388 e. The van der Waals surface area contributed by atoms with Crippen LogP contribution in [0.25, 0.3) is 11.0 Å². The van der Waals surface area contributed by atoms with Gasteiger partial charge >= 0.3 is 7.60 Å². The fraction of sp³-hybridized carbons (Fsp3) is 0.625. The van der Waals surface area contributed by atoms with Gasteiger partial charge in [0.25, 0.3) is 0 Å². The summed E-state index contributed by atoms with van der Waals surface area (Å²) in [5.74, 6) is -1.28. The second kappa shape index (κ2) is 7.34. The zero-order valence-corrected chi connectivity index (χ0v) is 16.6. The van der Waals surface area contributed by atoms with Crippen molar-refractivity contribution in [2.24, 2.45) is 0 Å². The van der Waals surface area contributed by atoms with Crippen LogP contribution in [0, 0.1) is 0 Å². The summed E-state index contributed by atoms with van der Waals surface area (Å²) in [5.41, 5.74) is 5.04. The van der Waals surface area contributed by atoms with E-state index in [1.807, 2.05) is 0 Å². The highest BCUT2D eigenvalue weighted by molar-refractivity contribution is 7.53. The Bertz CT molecular complexity index is 902. The van der Waals surface area contributed by atoms with Gasteiger partial charge in [0.15, 0.2) is 12.1 Å². The second-order valence-electron chi connectivity index (χ2n) is 7.52. The van der Waals surface area contributed by atoms with E-state index >= 15 is 0 Å². The molecule has 0 aliphatic carbocycles. The summed E-state index contributed by atoms with van der Waals surface area (Å²) in [5, 5.41) is 30.9. The topological polar surface area (TPSA) is 173 Å². The summed E-state index contributed by atoms with van der Waals surface area (Å²) in [4.78, 5) is 17.8. The Hall–Kier alpha value is -1.59.